The fourth-order valence-corrected chi connectivity index (χ4v) is 2.32. The molecule has 0 aromatic heterocycles. The SMILES string of the molecule is CC(C)CC1NC(=O)CN(CCCCN(C)C)C1=O. The number of nitrogens with zero attached hydrogens (tertiary/aromatic N) is 2. The number of rotatable bonds is 7. The molecule has 5 heteroatoms. The molecule has 1 atom stereocenters. The van der Waals surface area contributed by atoms with E-state index in [0.717, 1.165) is 25.8 Å². The molecule has 0 spiro atoms. The third kappa shape index (κ3) is 5.59. The first-order valence-electron chi connectivity index (χ1n) is 7.13. The summed E-state index contributed by atoms with van der Waals surface area (Å²) in [6.07, 6.45) is 2.72. The van der Waals surface area contributed by atoms with E-state index in [2.05, 4.69) is 24.1 Å². The molecule has 0 aromatic rings. The van der Waals surface area contributed by atoms with Crippen LogP contribution in [0.15, 0.2) is 0 Å². The van der Waals surface area contributed by atoms with E-state index in [1.165, 1.54) is 0 Å². The van der Waals surface area contributed by atoms with Crippen LogP contribution in [0, 0.1) is 5.92 Å². The zero-order valence-electron chi connectivity index (χ0n) is 12.6. The molecule has 1 aliphatic heterocycles. The first-order valence-corrected chi connectivity index (χ1v) is 7.13. The molecule has 1 rings (SSSR count). The van der Waals surface area contributed by atoms with Crippen LogP contribution in [0.25, 0.3) is 0 Å². The second-order valence-electron chi connectivity index (χ2n) is 6.02. The maximum absolute atomic E-state index is 12.2. The highest BCUT2D eigenvalue weighted by Gasteiger charge is 2.32. The molecule has 110 valence electrons. The van der Waals surface area contributed by atoms with Gasteiger partial charge >= 0.3 is 0 Å². The average molecular weight is 269 g/mol. The van der Waals surface area contributed by atoms with Crippen LogP contribution in [0.3, 0.4) is 0 Å². The number of hydrogen-bond acceptors (Lipinski definition) is 3. The van der Waals surface area contributed by atoms with Crippen molar-refractivity contribution < 1.29 is 9.59 Å². The molecule has 19 heavy (non-hydrogen) atoms. The van der Waals surface area contributed by atoms with Gasteiger partial charge in [-0.05, 0) is 45.8 Å². The third-order valence-corrected chi connectivity index (χ3v) is 3.27. The minimum atomic E-state index is -0.324. The maximum Gasteiger partial charge on any atom is 0.245 e. The van der Waals surface area contributed by atoms with Crippen LogP contribution in [-0.4, -0.2) is 61.4 Å². The van der Waals surface area contributed by atoms with Gasteiger partial charge in [0.25, 0.3) is 0 Å². The zero-order valence-corrected chi connectivity index (χ0v) is 12.6. The van der Waals surface area contributed by atoms with Gasteiger partial charge in [-0.1, -0.05) is 13.8 Å². The number of unbranched alkanes of at least 4 members (excludes halogenated alkanes) is 1. The maximum atomic E-state index is 12.2. The molecule has 0 aliphatic carbocycles. The van der Waals surface area contributed by atoms with Crippen molar-refractivity contribution in [1.82, 2.24) is 15.1 Å². The molecule has 1 fully saturated rings. The first-order chi connectivity index (χ1) is 8.90. The Balaban J connectivity index is 2.43. The summed E-state index contributed by atoms with van der Waals surface area (Å²) in [4.78, 5) is 27.7. The second-order valence-corrected chi connectivity index (χ2v) is 6.02. The molecular formula is C14H27N3O2. The lowest BCUT2D eigenvalue weighted by Gasteiger charge is -2.33. The van der Waals surface area contributed by atoms with E-state index in [1.54, 1.807) is 4.90 Å². The van der Waals surface area contributed by atoms with Gasteiger partial charge in [0.2, 0.25) is 11.8 Å². The molecule has 0 aromatic carbocycles. The van der Waals surface area contributed by atoms with Gasteiger partial charge in [-0.2, -0.15) is 0 Å². The molecule has 1 heterocycles. The summed E-state index contributed by atoms with van der Waals surface area (Å²) in [5.74, 6) is 0.457. The van der Waals surface area contributed by atoms with Crippen LogP contribution < -0.4 is 5.32 Å². The summed E-state index contributed by atoms with van der Waals surface area (Å²) in [5.41, 5.74) is 0. The van der Waals surface area contributed by atoms with Gasteiger partial charge < -0.3 is 15.1 Å². The molecule has 1 N–H and O–H groups in total. The lowest BCUT2D eigenvalue weighted by atomic mass is 10.0. The minimum Gasteiger partial charge on any atom is -0.343 e. The van der Waals surface area contributed by atoms with Gasteiger partial charge in [-0.15, -0.1) is 0 Å². The fraction of sp³-hybridized carbons (Fsp3) is 0.857. The Bertz CT molecular complexity index is 316. The number of amides is 2. The van der Waals surface area contributed by atoms with Crippen LogP contribution in [0.2, 0.25) is 0 Å². The molecule has 0 radical (unpaired) electrons. The Morgan fingerprint density at radius 2 is 2.00 bits per heavy atom. The van der Waals surface area contributed by atoms with Crippen molar-refractivity contribution in [3.05, 3.63) is 0 Å². The lowest BCUT2D eigenvalue weighted by molar-refractivity contribution is -0.144. The molecule has 0 bridgehead atoms. The first kappa shape index (κ1) is 16.0. The Morgan fingerprint density at radius 1 is 1.32 bits per heavy atom. The summed E-state index contributed by atoms with van der Waals surface area (Å²) >= 11 is 0. The van der Waals surface area contributed by atoms with Crippen molar-refractivity contribution in [2.75, 3.05) is 33.7 Å². The number of hydrogen-bond donors (Lipinski definition) is 1. The van der Waals surface area contributed by atoms with Gasteiger partial charge in [-0.25, -0.2) is 0 Å². The summed E-state index contributed by atoms with van der Waals surface area (Å²) in [7, 11) is 4.08. The van der Waals surface area contributed by atoms with Crippen LogP contribution in [0.1, 0.15) is 33.1 Å². The van der Waals surface area contributed by atoms with Crippen molar-refractivity contribution in [2.45, 2.75) is 39.2 Å². The standard InChI is InChI=1S/C14H27N3O2/c1-11(2)9-12-14(19)17(10-13(18)15-12)8-6-5-7-16(3)4/h11-12H,5-10H2,1-4H3,(H,15,18). The zero-order chi connectivity index (χ0) is 14.4. The summed E-state index contributed by atoms with van der Waals surface area (Å²) in [6.45, 7) is 6.05. The quantitative estimate of drug-likeness (QED) is 0.692. The number of carbonyl (C=O) groups excluding carboxylic acids is 2. The minimum absolute atomic E-state index is 0.0298. The van der Waals surface area contributed by atoms with E-state index in [0.29, 0.717) is 12.5 Å². The molecule has 1 saturated heterocycles. The topological polar surface area (TPSA) is 52.7 Å². The van der Waals surface area contributed by atoms with Gasteiger partial charge in [-0.3, -0.25) is 9.59 Å². The van der Waals surface area contributed by atoms with Crippen molar-refractivity contribution in [3.63, 3.8) is 0 Å². The largest absolute Gasteiger partial charge is 0.343 e. The van der Waals surface area contributed by atoms with Crippen LogP contribution in [-0.2, 0) is 9.59 Å². The predicted octanol–water partition coefficient (Wildman–Crippen LogP) is 0.701. The van der Waals surface area contributed by atoms with Gasteiger partial charge in [0, 0.05) is 6.54 Å². The Labute approximate surface area is 116 Å². The van der Waals surface area contributed by atoms with Crippen molar-refractivity contribution in [2.24, 2.45) is 5.92 Å². The van der Waals surface area contributed by atoms with Gasteiger partial charge in [0.15, 0.2) is 0 Å². The van der Waals surface area contributed by atoms with Gasteiger partial charge in [0.05, 0.1) is 6.54 Å². The van der Waals surface area contributed by atoms with Crippen molar-refractivity contribution in [3.8, 4) is 0 Å². The normalized spacial score (nSPS) is 20.3. The van der Waals surface area contributed by atoms with E-state index in [4.69, 9.17) is 0 Å². The van der Waals surface area contributed by atoms with Crippen molar-refractivity contribution >= 4 is 11.8 Å². The highest BCUT2D eigenvalue weighted by molar-refractivity contribution is 5.94. The van der Waals surface area contributed by atoms with Crippen LogP contribution >= 0.6 is 0 Å². The van der Waals surface area contributed by atoms with Crippen molar-refractivity contribution in [1.29, 1.82) is 0 Å². The smallest absolute Gasteiger partial charge is 0.245 e. The summed E-state index contributed by atoms with van der Waals surface area (Å²) in [6, 6.07) is -0.324. The van der Waals surface area contributed by atoms with Gasteiger partial charge in [0.1, 0.15) is 6.04 Å². The highest BCUT2D eigenvalue weighted by Crippen LogP contribution is 2.12. The lowest BCUT2D eigenvalue weighted by Crippen LogP contribution is -2.58. The summed E-state index contributed by atoms with van der Waals surface area (Å²) < 4.78 is 0. The number of piperazine rings is 1. The van der Waals surface area contributed by atoms with E-state index < -0.39 is 0 Å². The van der Waals surface area contributed by atoms with E-state index in [1.807, 2.05) is 14.1 Å². The third-order valence-electron chi connectivity index (χ3n) is 3.27. The summed E-state index contributed by atoms with van der Waals surface area (Å²) in [5, 5.41) is 2.80. The fourth-order valence-electron chi connectivity index (χ4n) is 2.32. The van der Waals surface area contributed by atoms with E-state index >= 15 is 0 Å². The molecule has 1 unspecified atom stereocenters. The number of nitrogens with one attached hydrogen (secondary N) is 1. The highest BCUT2D eigenvalue weighted by atomic mass is 16.2. The average Bonchev–Trinajstić information content (AvgIpc) is 2.29. The molecule has 5 nitrogen and oxygen atoms in total. The molecule has 0 saturated carbocycles. The van der Waals surface area contributed by atoms with Crippen LogP contribution in [0.5, 0.6) is 0 Å². The molecular weight excluding hydrogens is 242 g/mol. The molecule has 1 aliphatic rings. The predicted molar refractivity (Wildman–Crippen MR) is 75.8 cm³/mol. The van der Waals surface area contributed by atoms with Crippen LogP contribution in [0.4, 0.5) is 0 Å². The van der Waals surface area contributed by atoms with E-state index in [9.17, 15) is 9.59 Å². The Hall–Kier alpha value is -1.10. The Kier molecular flexibility index (Phi) is 6.28. The second kappa shape index (κ2) is 7.48. The molecule has 2 amide bonds. The number of carbonyl (C=O) groups is 2. The Morgan fingerprint density at radius 3 is 2.58 bits per heavy atom. The van der Waals surface area contributed by atoms with E-state index in [-0.39, 0.29) is 24.4 Å². The monoisotopic (exact) mass is 269 g/mol.